The van der Waals surface area contributed by atoms with Crippen LogP contribution in [0.15, 0.2) is 18.3 Å². The first-order chi connectivity index (χ1) is 8.25. The van der Waals surface area contributed by atoms with Gasteiger partial charge in [-0.3, -0.25) is 0 Å². The van der Waals surface area contributed by atoms with Crippen LogP contribution in [-0.4, -0.2) is 29.0 Å². The molecule has 0 atom stereocenters. The normalized spacial score (nSPS) is 16.4. The molecule has 0 aromatic carbocycles. The van der Waals surface area contributed by atoms with Gasteiger partial charge < -0.3 is 16.0 Å². The van der Waals surface area contributed by atoms with Gasteiger partial charge in [-0.2, -0.15) is 0 Å². The minimum Gasteiger partial charge on any atom is -0.384 e. The molecule has 17 heavy (non-hydrogen) atoms. The molecule has 2 heterocycles. The second-order valence-corrected chi connectivity index (χ2v) is 4.30. The zero-order valence-corrected chi connectivity index (χ0v) is 9.85. The van der Waals surface area contributed by atoms with E-state index in [9.17, 15) is 4.79 Å². The van der Waals surface area contributed by atoms with Gasteiger partial charge in [0.2, 0.25) is 0 Å². The van der Waals surface area contributed by atoms with Crippen molar-refractivity contribution in [2.45, 2.75) is 25.7 Å². The lowest BCUT2D eigenvalue weighted by Crippen LogP contribution is -2.35. The first-order valence-corrected chi connectivity index (χ1v) is 6.03. The summed E-state index contributed by atoms with van der Waals surface area (Å²) in [4.78, 5) is 17.8. The van der Waals surface area contributed by atoms with Gasteiger partial charge in [-0.05, 0) is 25.0 Å². The van der Waals surface area contributed by atoms with Crippen molar-refractivity contribution in [1.29, 1.82) is 0 Å². The summed E-state index contributed by atoms with van der Waals surface area (Å²) in [5.74, 6) is 0.456. The van der Waals surface area contributed by atoms with Crippen molar-refractivity contribution < 1.29 is 4.79 Å². The van der Waals surface area contributed by atoms with Crippen LogP contribution >= 0.6 is 0 Å². The van der Waals surface area contributed by atoms with E-state index < -0.39 is 0 Å². The summed E-state index contributed by atoms with van der Waals surface area (Å²) < 4.78 is 0. The number of likely N-dealkylation sites (tertiary alicyclic amines) is 1. The maximum Gasteiger partial charge on any atom is 0.321 e. The number of aromatic nitrogens is 1. The summed E-state index contributed by atoms with van der Waals surface area (Å²) in [5.41, 5.74) is 6.18. The van der Waals surface area contributed by atoms with Gasteiger partial charge >= 0.3 is 6.03 Å². The van der Waals surface area contributed by atoms with Gasteiger partial charge in [-0.25, -0.2) is 9.78 Å². The van der Waals surface area contributed by atoms with Gasteiger partial charge in [0.05, 0.1) is 11.9 Å². The zero-order chi connectivity index (χ0) is 12.1. The number of anilines is 2. The number of nitrogens with one attached hydrogen (secondary N) is 1. The van der Waals surface area contributed by atoms with Crippen LogP contribution in [0.4, 0.5) is 16.3 Å². The van der Waals surface area contributed by atoms with E-state index in [1.54, 1.807) is 18.3 Å². The third-order valence-corrected chi connectivity index (χ3v) is 2.93. The van der Waals surface area contributed by atoms with Crippen LogP contribution in [0.5, 0.6) is 0 Å². The minimum absolute atomic E-state index is 0.0431. The van der Waals surface area contributed by atoms with Crippen molar-refractivity contribution >= 4 is 17.5 Å². The number of pyridine rings is 1. The number of nitrogens with two attached hydrogens (primary N) is 1. The summed E-state index contributed by atoms with van der Waals surface area (Å²) in [6.45, 7) is 1.68. The van der Waals surface area contributed by atoms with Gasteiger partial charge in [0.1, 0.15) is 5.82 Å². The number of nitrogen functional groups attached to an aromatic ring is 1. The Bertz CT molecular complexity index is 369. The van der Waals surface area contributed by atoms with Gasteiger partial charge in [0, 0.05) is 13.1 Å². The van der Waals surface area contributed by atoms with Crippen LogP contribution in [0.1, 0.15) is 25.7 Å². The number of nitrogens with zero attached hydrogens (tertiary/aromatic N) is 2. The first kappa shape index (κ1) is 11.7. The second kappa shape index (κ2) is 5.52. The van der Waals surface area contributed by atoms with Crippen LogP contribution < -0.4 is 11.1 Å². The Morgan fingerprint density at radius 1 is 1.24 bits per heavy atom. The molecule has 5 heteroatoms. The van der Waals surface area contributed by atoms with Crippen molar-refractivity contribution in [2.75, 3.05) is 24.1 Å². The van der Waals surface area contributed by atoms with E-state index >= 15 is 0 Å². The highest BCUT2D eigenvalue weighted by atomic mass is 16.2. The maximum atomic E-state index is 12.0. The van der Waals surface area contributed by atoms with E-state index in [1.807, 2.05) is 4.90 Å². The first-order valence-electron chi connectivity index (χ1n) is 6.03. The van der Waals surface area contributed by atoms with Gasteiger partial charge in [-0.15, -0.1) is 0 Å². The third kappa shape index (κ3) is 3.34. The van der Waals surface area contributed by atoms with E-state index in [2.05, 4.69) is 10.3 Å². The zero-order valence-electron chi connectivity index (χ0n) is 9.85. The highest BCUT2D eigenvalue weighted by Gasteiger charge is 2.15. The topological polar surface area (TPSA) is 71.2 Å². The number of rotatable bonds is 1. The molecule has 1 aliphatic heterocycles. The molecule has 1 aromatic rings. The molecule has 0 aliphatic carbocycles. The molecule has 3 N–H and O–H groups in total. The van der Waals surface area contributed by atoms with E-state index in [0.29, 0.717) is 11.5 Å². The van der Waals surface area contributed by atoms with Crippen LogP contribution in [-0.2, 0) is 0 Å². The molecule has 0 bridgehead atoms. The lowest BCUT2D eigenvalue weighted by Gasteiger charge is -2.20. The molecule has 2 rings (SSSR count). The largest absolute Gasteiger partial charge is 0.384 e. The molecule has 0 saturated carbocycles. The lowest BCUT2D eigenvalue weighted by molar-refractivity contribution is 0.214. The smallest absolute Gasteiger partial charge is 0.321 e. The quantitative estimate of drug-likeness (QED) is 0.781. The Balaban J connectivity index is 1.93. The van der Waals surface area contributed by atoms with Crippen molar-refractivity contribution in [2.24, 2.45) is 0 Å². The molecule has 5 nitrogen and oxygen atoms in total. The SMILES string of the molecule is Nc1ccc(NC(=O)N2CCCCCC2)cn1. The molecular weight excluding hydrogens is 216 g/mol. The summed E-state index contributed by atoms with van der Waals surface area (Å²) in [7, 11) is 0. The number of hydrogen-bond donors (Lipinski definition) is 2. The number of hydrogen-bond acceptors (Lipinski definition) is 3. The van der Waals surface area contributed by atoms with E-state index in [-0.39, 0.29) is 6.03 Å². The fourth-order valence-electron chi connectivity index (χ4n) is 1.96. The second-order valence-electron chi connectivity index (χ2n) is 4.30. The van der Waals surface area contributed by atoms with Crippen molar-refractivity contribution in [1.82, 2.24) is 9.88 Å². The predicted octanol–water partition coefficient (Wildman–Crippen LogP) is 2.07. The van der Waals surface area contributed by atoms with E-state index in [1.165, 1.54) is 12.8 Å². The molecule has 1 fully saturated rings. The van der Waals surface area contributed by atoms with Gasteiger partial charge in [-0.1, -0.05) is 12.8 Å². The molecule has 0 spiro atoms. The monoisotopic (exact) mass is 234 g/mol. The number of urea groups is 1. The molecule has 1 saturated heterocycles. The van der Waals surface area contributed by atoms with Crippen LogP contribution in [0, 0.1) is 0 Å². The highest BCUT2D eigenvalue weighted by molar-refractivity contribution is 5.89. The number of amides is 2. The number of carbonyl (C=O) groups is 1. The molecule has 92 valence electrons. The highest BCUT2D eigenvalue weighted by Crippen LogP contribution is 2.12. The van der Waals surface area contributed by atoms with Gasteiger partial charge in [0.15, 0.2) is 0 Å². The molecule has 2 amide bonds. The van der Waals surface area contributed by atoms with Gasteiger partial charge in [0.25, 0.3) is 0 Å². The predicted molar refractivity (Wildman–Crippen MR) is 67.7 cm³/mol. The van der Waals surface area contributed by atoms with Crippen molar-refractivity contribution in [3.8, 4) is 0 Å². The summed E-state index contributed by atoms with van der Waals surface area (Å²) >= 11 is 0. The third-order valence-electron chi connectivity index (χ3n) is 2.93. The average molecular weight is 234 g/mol. The lowest BCUT2D eigenvalue weighted by atomic mass is 10.2. The average Bonchev–Trinajstić information content (AvgIpc) is 2.61. The Labute approximate surface area is 101 Å². The molecule has 0 unspecified atom stereocenters. The summed E-state index contributed by atoms with van der Waals surface area (Å²) in [5, 5.41) is 2.84. The minimum atomic E-state index is -0.0431. The molecular formula is C12H18N4O. The molecule has 1 aromatic heterocycles. The fraction of sp³-hybridized carbons (Fsp3) is 0.500. The van der Waals surface area contributed by atoms with E-state index in [4.69, 9.17) is 5.73 Å². The standard InChI is InChI=1S/C12H18N4O/c13-11-6-5-10(9-14-11)15-12(17)16-7-3-1-2-4-8-16/h5-6,9H,1-4,7-8H2,(H2,13,14)(H,15,17). The number of carbonyl (C=O) groups excluding carboxylic acids is 1. The Kier molecular flexibility index (Phi) is 3.80. The van der Waals surface area contributed by atoms with Crippen LogP contribution in [0.2, 0.25) is 0 Å². The Morgan fingerprint density at radius 3 is 2.53 bits per heavy atom. The van der Waals surface area contributed by atoms with Crippen molar-refractivity contribution in [3.63, 3.8) is 0 Å². The summed E-state index contributed by atoms with van der Waals surface area (Å²) in [6.07, 6.45) is 6.19. The van der Waals surface area contributed by atoms with Crippen LogP contribution in [0.25, 0.3) is 0 Å². The maximum absolute atomic E-state index is 12.0. The Morgan fingerprint density at radius 2 is 1.94 bits per heavy atom. The Hall–Kier alpha value is -1.78. The fourth-order valence-corrected chi connectivity index (χ4v) is 1.96. The van der Waals surface area contributed by atoms with Crippen LogP contribution in [0.3, 0.4) is 0 Å². The molecule has 0 radical (unpaired) electrons. The summed E-state index contributed by atoms with van der Waals surface area (Å²) in [6, 6.07) is 3.40. The molecule has 1 aliphatic rings. The van der Waals surface area contributed by atoms with Crippen molar-refractivity contribution in [3.05, 3.63) is 18.3 Å². The van der Waals surface area contributed by atoms with E-state index in [0.717, 1.165) is 25.9 Å².